The molecule has 0 saturated carbocycles. The minimum Gasteiger partial charge on any atom is -0.358 e. The first-order chi connectivity index (χ1) is 5.00. The molecule has 0 spiro atoms. The van der Waals surface area contributed by atoms with Crippen LogP contribution in [-0.4, -0.2) is 0 Å². The predicted molar refractivity (Wildman–Crippen MR) is 49.6 cm³/mol. The SMILES string of the molecule is [C-]1=CC=CC1.[C-]1=CC=CC1.[CH3-].[Fe+3]. The monoisotopic (exact) mass is 201 g/mol. The van der Waals surface area contributed by atoms with E-state index >= 15 is 0 Å². The fourth-order valence-corrected chi connectivity index (χ4v) is 0.680. The normalized spacial score (nSPS) is 14.7. The van der Waals surface area contributed by atoms with Crippen LogP contribution in [0.2, 0.25) is 0 Å². The number of hydrogen-bond acceptors (Lipinski definition) is 0. The molecule has 12 heavy (non-hydrogen) atoms. The van der Waals surface area contributed by atoms with Gasteiger partial charge in [-0.2, -0.15) is 12.2 Å². The summed E-state index contributed by atoms with van der Waals surface area (Å²) in [5, 5.41) is 0. The van der Waals surface area contributed by atoms with Crippen molar-refractivity contribution >= 4 is 0 Å². The number of hydrogen-bond donors (Lipinski definition) is 0. The van der Waals surface area contributed by atoms with E-state index in [1.807, 2.05) is 24.3 Å². The van der Waals surface area contributed by atoms with Gasteiger partial charge >= 0.3 is 17.1 Å². The van der Waals surface area contributed by atoms with Gasteiger partial charge in [-0.05, 0) is 0 Å². The Morgan fingerprint density at radius 3 is 1.33 bits per heavy atom. The van der Waals surface area contributed by atoms with Crippen LogP contribution in [0.5, 0.6) is 0 Å². The van der Waals surface area contributed by atoms with E-state index in [1.165, 1.54) is 0 Å². The fourth-order valence-electron chi connectivity index (χ4n) is 0.680. The second kappa shape index (κ2) is 10.5. The second-order valence-electron chi connectivity index (χ2n) is 2.01. The summed E-state index contributed by atoms with van der Waals surface area (Å²) in [6.45, 7) is 0. The average molecular weight is 201 g/mol. The molecule has 0 N–H and O–H groups in total. The van der Waals surface area contributed by atoms with Gasteiger partial charge in [0.2, 0.25) is 0 Å². The molecule has 1 heteroatoms. The third-order valence-corrected chi connectivity index (χ3v) is 1.17. The molecule has 0 saturated heterocycles. The van der Waals surface area contributed by atoms with E-state index in [1.54, 1.807) is 0 Å². The Bertz CT molecular complexity index is 143. The van der Waals surface area contributed by atoms with E-state index in [2.05, 4.69) is 24.3 Å². The summed E-state index contributed by atoms with van der Waals surface area (Å²) in [5.41, 5.74) is 0. The van der Waals surface area contributed by atoms with Gasteiger partial charge in [0.05, 0.1) is 0 Å². The molecule has 0 unspecified atom stereocenters. The van der Waals surface area contributed by atoms with E-state index < -0.39 is 0 Å². The van der Waals surface area contributed by atoms with Crippen LogP contribution in [-0.2, 0) is 17.1 Å². The maximum Gasteiger partial charge on any atom is 3.00 e. The Hall–Kier alpha value is -0.521. The Morgan fingerprint density at radius 2 is 1.25 bits per heavy atom. The van der Waals surface area contributed by atoms with E-state index in [9.17, 15) is 0 Å². The Balaban J connectivity index is 0. The smallest absolute Gasteiger partial charge is 0.358 e. The molecular weight excluding hydrogens is 188 g/mol. The van der Waals surface area contributed by atoms with Gasteiger partial charge in [0, 0.05) is 0 Å². The van der Waals surface area contributed by atoms with Crippen LogP contribution in [0.4, 0.5) is 0 Å². The Morgan fingerprint density at radius 1 is 0.833 bits per heavy atom. The van der Waals surface area contributed by atoms with Gasteiger partial charge in [0.15, 0.2) is 0 Å². The largest absolute Gasteiger partial charge is 3.00 e. The summed E-state index contributed by atoms with van der Waals surface area (Å²) in [4.78, 5) is 0. The van der Waals surface area contributed by atoms with Crippen LogP contribution < -0.4 is 0 Å². The molecule has 2 aliphatic carbocycles. The molecule has 2 rings (SSSR count). The molecule has 0 atom stereocenters. The van der Waals surface area contributed by atoms with E-state index in [0.29, 0.717) is 0 Å². The van der Waals surface area contributed by atoms with E-state index in [0.717, 1.165) is 12.8 Å². The average Bonchev–Trinajstić information content (AvgIpc) is 2.67. The van der Waals surface area contributed by atoms with Crippen molar-refractivity contribution in [2.45, 2.75) is 12.8 Å². The van der Waals surface area contributed by atoms with Crippen molar-refractivity contribution in [2.24, 2.45) is 0 Å². The topological polar surface area (TPSA) is 0 Å². The molecule has 0 amide bonds. The molecule has 0 aliphatic heterocycles. The summed E-state index contributed by atoms with van der Waals surface area (Å²) < 4.78 is 0. The van der Waals surface area contributed by atoms with Crippen LogP contribution in [0.25, 0.3) is 0 Å². The van der Waals surface area contributed by atoms with Crippen LogP contribution in [0.3, 0.4) is 0 Å². The van der Waals surface area contributed by atoms with E-state index in [4.69, 9.17) is 0 Å². The first kappa shape index (κ1) is 14.0. The van der Waals surface area contributed by atoms with Crippen molar-refractivity contribution in [3.05, 3.63) is 56.0 Å². The van der Waals surface area contributed by atoms with Crippen LogP contribution >= 0.6 is 0 Å². The first-order valence-corrected chi connectivity index (χ1v) is 3.43. The first-order valence-electron chi connectivity index (χ1n) is 3.43. The summed E-state index contributed by atoms with van der Waals surface area (Å²) in [7, 11) is 0. The fraction of sp³-hybridized carbons (Fsp3) is 0.182. The molecule has 0 aromatic heterocycles. The summed E-state index contributed by atoms with van der Waals surface area (Å²) >= 11 is 0. The standard InChI is InChI=1S/2C5H5.CH3.Fe/c2*1-2-4-5-3-1;;/h2*1-3H,4H2;1H3;/q3*-1;+3. The zero-order chi connectivity index (χ0) is 7.07. The van der Waals surface area contributed by atoms with Gasteiger partial charge in [0.1, 0.15) is 0 Å². The summed E-state index contributed by atoms with van der Waals surface area (Å²) in [5.74, 6) is 0. The third-order valence-electron chi connectivity index (χ3n) is 1.17. The van der Waals surface area contributed by atoms with Crippen LogP contribution in [0.1, 0.15) is 12.8 Å². The number of rotatable bonds is 0. The Labute approximate surface area is 86.2 Å². The van der Waals surface area contributed by atoms with Gasteiger partial charge in [-0.3, -0.25) is 12.2 Å². The molecule has 0 fully saturated rings. The number of allylic oxidation sites excluding steroid dienone is 8. The van der Waals surface area contributed by atoms with Crippen LogP contribution in [0, 0.1) is 19.6 Å². The zero-order valence-electron chi connectivity index (χ0n) is 7.23. The molecule has 0 aromatic rings. The molecular formula is C11H13Fe. The van der Waals surface area contributed by atoms with Gasteiger partial charge in [-0.1, -0.05) is 0 Å². The van der Waals surface area contributed by atoms with Crippen molar-refractivity contribution in [2.75, 3.05) is 0 Å². The molecule has 0 nitrogen and oxygen atoms in total. The summed E-state index contributed by atoms with van der Waals surface area (Å²) in [6.07, 6.45) is 20.0. The molecule has 1 radical (unpaired) electrons. The maximum absolute atomic E-state index is 2.99. The zero-order valence-corrected chi connectivity index (χ0v) is 8.34. The van der Waals surface area contributed by atoms with Crippen molar-refractivity contribution in [1.82, 2.24) is 0 Å². The minimum absolute atomic E-state index is 0. The molecule has 65 valence electrons. The van der Waals surface area contributed by atoms with Crippen molar-refractivity contribution in [3.63, 3.8) is 0 Å². The van der Waals surface area contributed by atoms with E-state index in [-0.39, 0.29) is 24.5 Å². The van der Waals surface area contributed by atoms with Gasteiger partial charge in [0.25, 0.3) is 0 Å². The predicted octanol–water partition coefficient (Wildman–Crippen LogP) is 3.06. The van der Waals surface area contributed by atoms with Crippen molar-refractivity contribution < 1.29 is 17.1 Å². The van der Waals surface area contributed by atoms with Crippen LogP contribution in [0.15, 0.2) is 36.5 Å². The third kappa shape index (κ3) is 7.58. The van der Waals surface area contributed by atoms with Gasteiger partial charge < -0.3 is 7.43 Å². The van der Waals surface area contributed by atoms with Gasteiger partial charge in [-0.25, -0.2) is 24.3 Å². The molecule has 2 aliphatic rings. The molecule has 0 bridgehead atoms. The quantitative estimate of drug-likeness (QED) is 0.417. The summed E-state index contributed by atoms with van der Waals surface area (Å²) in [6, 6.07) is 0. The minimum atomic E-state index is 0. The Kier molecular flexibility index (Phi) is 12.3. The van der Waals surface area contributed by atoms with Crippen molar-refractivity contribution in [3.8, 4) is 0 Å². The molecule has 0 aromatic carbocycles. The maximum atomic E-state index is 2.99. The van der Waals surface area contributed by atoms with Crippen molar-refractivity contribution in [1.29, 1.82) is 0 Å². The van der Waals surface area contributed by atoms with Gasteiger partial charge in [-0.15, -0.1) is 12.8 Å². The molecule has 0 heterocycles. The second-order valence-corrected chi connectivity index (χ2v) is 2.01.